The Morgan fingerprint density at radius 3 is 2.61 bits per heavy atom. The van der Waals surface area contributed by atoms with Crippen molar-refractivity contribution in [3.63, 3.8) is 0 Å². The molecule has 1 heterocycles. The van der Waals surface area contributed by atoms with Crippen LogP contribution in [0, 0.1) is 10.1 Å². The molecule has 0 spiro atoms. The highest BCUT2D eigenvalue weighted by molar-refractivity contribution is 6.53. The van der Waals surface area contributed by atoms with Crippen LogP contribution in [0.1, 0.15) is 11.1 Å². The van der Waals surface area contributed by atoms with Gasteiger partial charge in [-0.05, 0) is 35.9 Å². The summed E-state index contributed by atoms with van der Waals surface area (Å²) in [5.41, 5.74) is 1.37. The SMILES string of the molecule is O=C1Nc2ccc([N+](=O)[O-])cc2/C1=N\N=C\c1ccc(O)cc1. The Morgan fingerprint density at radius 2 is 1.91 bits per heavy atom. The molecule has 1 aliphatic rings. The van der Waals surface area contributed by atoms with Crippen LogP contribution in [0.15, 0.2) is 52.7 Å². The first-order valence-electron chi connectivity index (χ1n) is 6.55. The molecule has 0 bridgehead atoms. The average Bonchev–Trinajstić information content (AvgIpc) is 2.84. The molecule has 0 fully saturated rings. The first kappa shape index (κ1) is 14.4. The summed E-state index contributed by atoms with van der Waals surface area (Å²) in [7, 11) is 0. The molecule has 23 heavy (non-hydrogen) atoms. The van der Waals surface area contributed by atoms with Crippen LogP contribution in [0.25, 0.3) is 0 Å². The Bertz CT molecular complexity index is 856. The van der Waals surface area contributed by atoms with Gasteiger partial charge in [-0.3, -0.25) is 14.9 Å². The highest BCUT2D eigenvalue weighted by Gasteiger charge is 2.28. The smallest absolute Gasteiger partial charge is 0.276 e. The van der Waals surface area contributed by atoms with Gasteiger partial charge in [-0.25, -0.2) is 0 Å². The Morgan fingerprint density at radius 1 is 1.17 bits per heavy atom. The third-order valence-electron chi connectivity index (χ3n) is 3.19. The Kier molecular flexibility index (Phi) is 3.55. The molecule has 2 N–H and O–H groups in total. The van der Waals surface area contributed by atoms with Gasteiger partial charge in [0.1, 0.15) is 5.75 Å². The summed E-state index contributed by atoms with van der Waals surface area (Å²) in [5, 5.41) is 30.3. The molecule has 0 atom stereocenters. The summed E-state index contributed by atoms with van der Waals surface area (Å²) in [4.78, 5) is 22.2. The van der Waals surface area contributed by atoms with E-state index in [0.717, 1.165) is 0 Å². The lowest BCUT2D eigenvalue weighted by Gasteiger charge is -1.96. The van der Waals surface area contributed by atoms with Crippen LogP contribution in [0.5, 0.6) is 5.75 Å². The molecular weight excluding hydrogens is 300 g/mol. The summed E-state index contributed by atoms with van der Waals surface area (Å²) in [6.07, 6.45) is 1.41. The number of non-ortho nitro benzene ring substituents is 1. The van der Waals surface area contributed by atoms with Gasteiger partial charge in [0.25, 0.3) is 11.6 Å². The maximum Gasteiger partial charge on any atom is 0.276 e. The molecule has 0 aromatic heterocycles. The number of amides is 1. The fourth-order valence-electron chi connectivity index (χ4n) is 2.07. The fourth-order valence-corrected chi connectivity index (χ4v) is 2.07. The molecule has 114 valence electrons. The number of nitro benzene ring substituents is 1. The van der Waals surface area contributed by atoms with Gasteiger partial charge in [0.05, 0.1) is 16.8 Å². The molecule has 1 aliphatic heterocycles. The molecule has 0 unspecified atom stereocenters. The quantitative estimate of drug-likeness (QED) is 0.512. The lowest BCUT2D eigenvalue weighted by Crippen LogP contribution is -2.13. The number of nitro groups is 1. The van der Waals surface area contributed by atoms with Crippen molar-refractivity contribution in [1.82, 2.24) is 0 Å². The number of anilines is 1. The second kappa shape index (κ2) is 5.68. The van der Waals surface area contributed by atoms with Crippen LogP contribution in [-0.4, -0.2) is 27.9 Å². The third kappa shape index (κ3) is 2.91. The molecule has 8 nitrogen and oxygen atoms in total. The largest absolute Gasteiger partial charge is 0.508 e. The first-order valence-corrected chi connectivity index (χ1v) is 6.55. The van der Waals surface area contributed by atoms with Crippen LogP contribution >= 0.6 is 0 Å². The number of phenolic OH excluding ortho intramolecular Hbond substituents is 1. The van der Waals surface area contributed by atoms with E-state index in [-0.39, 0.29) is 17.1 Å². The first-order chi connectivity index (χ1) is 11.0. The number of nitrogens with one attached hydrogen (secondary N) is 1. The number of hydrogen-bond acceptors (Lipinski definition) is 6. The van der Waals surface area contributed by atoms with E-state index in [4.69, 9.17) is 0 Å². The maximum absolute atomic E-state index is 11.9. The van der Waals surface area contributed by atoms with E-state index in [1.807, 2.05) is 0 Å². The predicted molar refractivity (Wildman–Crippen MR) is 84.0 cm³/mol. The highest BCUT2D eigenvalue weighted by atomic mass is 16.6. The van der Waals surface area contributed by atoms with Crippen molar-refractivity contribution in [3.05, 3.63) is 63.7 Å². The number of phenols is 1. The third-order valence-corrected chi connectivity index (χ3v) is 3.19. The van der Waals surface area contributed by atoms with Crippen molar-refractivity contribution in [3.8, 4) is 5.75 Å². The zero-order valence-electron chi connectivity index (χ0n) is 11.6. The average molecular weight is 310 g/mol. The summed E-state index contributed by atoms with van der Waals surface area (Å²) < 4.78 is 0. The van der Waals surface area contributed by atoms with Gasteiger partial charge in [0, 0.05) is 17.7 Å². The van der Waals surface area contributed by atoms with Crippen LogP contribution in [-0.2, 0) is 4.79 Å². The van der Waals surface area contributed by atoms with Gasteiger partial charge in [0.15, 0.2) is 5.71 Å². The van der Waals surface area contributed by atoms with E-state index in [0.29, 0.717) is 16.8 Å². The lowest BCUT2D eigenvalue weighted by molar-refractivity contribution is -0.384. The van der Waals surface area contributed by atoms with Gasteiger partial charge in [-0.15, -0.1) is 5.10 Å². The number of hydrogen-bond donors (Lipinski definition) is 2. The Labute approximate surface area is 129 Å². The summed E-state index contributed by atoms with van der Waals surface area (Å²) in [6, 6.07) is 10.3. The zero-order valence-corrected chi connectivity index (χ0v) is 11.6. The second-order valence-electron chi connectivity index (χ2n) is 4.73. The number of rotatable bonds is 3. The van der Waals surface area contributed by atoms with Gasteiger partial charge < -0.3 is 10.4 Å². The number of carbonyl (C=O) groups excluding carboxylic acids is 1. The normalized spacial score (nSPS) is 15.0. The topological polar surface area (TPSA) is 117 Å². The number of carbonyl (C=O) groups is 1. The van der Waals surface area contributed by atoms with Crippen molar-refractivity contribution in [1.29, 1.82) is 0 Å². The van der Waals surface area contributed by atoms with Crippen molar-refractivity contribution in [2.75, 3.05) is 5.32 Å². The van der Waals surface area contributed by atoms with E-state index in [1.54, 1.807) is 12.1 Å². The molecule has 1 amide bonds. The number of benzene rings is 2. The number of aromatic hydroxyl groups is 1. The summed E-state index contributed by atoms with van der Waals surface area (Å²) >= 11 is 0. The number of nitrogens with zero attached hydrogens (tertiary/aromatic N) is 3. The zero-order chi connectivity index (χ0) is 16.4. The molecular formula is C15H10N4O4. The van der Waals surface area contributed by atoms with Crippen LogP contribution < -0.4 is 5.32 Å². The molecule has 8 heteroatoms. The summed E-state index contributed by atoms with van der Waals surface area (Å²) in [6.45, 7) is 0. The standard InChI is InChI=1S/C15H10N4O4/c20-11-4-1-9(2-5-11)8-16-18-14-12-7-10(19(22)23)3-6-13(12)17-15(14)21/h1-8,20H,(H,17,18,21)/b16-8+. The molecule has 0 radical (unpaired) electrons. The van der Waals surface area contributed by atoms with Crippen molar-refractivity contribution in [2.24, 2.45) is 10.2 Å². The van der Waals surface area contributed by atoms with Gasteiger partial charge in [-0.2, -0.15) is 5.10 Å². The Balaban J connectivity index is 1.91. The minimum Gasteiger partial charge on any atom is -0.508 e. The van der Waals surface area contributed by atoms with E-state index in [9.17, 15) is 20.0 Å². The van der Waals surface area contributed by atoms with E-state index < -0.39 is 10.8 Å². The molecule has 2 aromatic rings. The van der Waals surface area contributed by atoms with Gasteiger partial charge >= 0.3 is 0 Å². The lowest BCUT2D eigenvalue weighted by atomic mass is 10.1. The Hall–Kier alpha value is -3.55. The molecule has 2 aromatic carbocycles. The minimum atomic E-state index is -0.541. The van der Waals surface area contributed by atoms with E-state index >= 15 is 0 Å². The molecule has 0 aliphatic carbocycles. The van der Waals surface area contributed by atoms with Crippen molar-refractivity contribution >= 4 is 29.2 Å². The van der Waals surface area contributed by atoms with Gasteiger partial charge in [0.2, 0.25) is 0 Å². The summed E-state index contributed by atoms with van der Waals surface area (Å²) in [5.74, 6) is -0.340. The second-order valence-corrected chi connectivity index (χ2v) is 4.73. The predicted octanol–water partition coefficient (Wildman–Crippen LogP) is 2.08. The highest BCUT2D eigenvalue weighted by Crippen LogP contribution is 2.27. The number of fused-ring (bicyclic) bond motifs is 1. The minimum absolute atomic E-state index is 0.0127. The van der Waals surface area contributed by atoms with Crippen molar-refractivity contribution < 1.29 is 14.8 Å². The van der Waals surface area contributed by atoms with E-state index in [1.165, 1.54) is 36.5 Å². The van der Waals surface area contributed by atoms with E-state index in [2.05, 4.69) is 15.5 Å². The van der Waals surface area contributed by atoms with Gasteiger partial charge in [-0.1, -0.05) is 0 Å². The molecule has 0 saturated carbocycles. The van der Waals surface area contributed by atoms with Crippen LogP contribution in [0.2, 0.25) is 0 Å². The molecule has 3 rings (SSSR count). The van der Waals surface area contributed by atoms with Crippen LogP contribution in [0.3, 0.4) is 0 Å². The van der Waals surface area contributed by atoms with Crippen LogP contribution in [0.4, 0.5) is 11.4 Å². The maximum atomic E-state index is 11.9. The monoisotopic (exact) mass is 310 g/mol. The van der Waals surface area contributed by atoms with Crippen molar-refractivity contribution in [2.45, 2.75) is 0 Å². The fraction of sp³-hybridized carbons (Fsp3) is 0. The molecule has 0 saturated heterocycles.